The second-order valence-corrected chi connectivity index (χ2v) is 4.24. The molecule has 0 saturated carbocycles. The van der Waals surface area contributed by atoms with E-state index in [9.17, 15) is 9.18 Å². The Morgan fingerprint density at radius 1 is 1.41 bits per heavy atom. The maximum Gasteiger partial charge on any atom is 0.219 e. The first-order valence-electron chi connectivity index (χ1n) is 5.54. The number of rotatable bonds is 3. The molecule has 0 atom stereocenters. The molecule has 2 rings (SSSR count). The van der Waals surface area contributed by atoms with Crippen molar-refractivity contribution in [1.29, 1.82) is 0 Å². The normalized spacial score (nSPS) is 11.0. The van der Waals surface area contributed by atoms with Crippen LogP contribution in [0.5, 0.6) is 0 Å². The summed E-state index contributed by atoms with van der Waals surface area (Å²) in [4.78, 5) is 10.8. The molecule has 90 valence electrons. The van der Waals surface area contributed by atoms with E-state index in [2.05, 4.69) is 0 Å². The van der Waals surface area contributed by atoms with Crippen LogP contribution in [-0.4, -0.2) is 10.5 Å². The van der Waals surface area contributed by atoms with Gasteiger partial charge in [0.05, 0.1) is 0 Å². The molecular formula is C13H15FN2O. The molecule has 2 aromatic rings. The quantitative estimate of drug-likeness (QED) is 0.870. The van der Waals surface area contributed by atoms with Gasteiger partial charge in [-0.3, -0.25) is 4.79 Å². The van der Waals surface area contributed by atoms with Crippen molar-refractivity contribution in [3.05, 3.63) is 35.3 Å². The molecule has 0 saturated heterocycles. The Kier molecular flexibility index (Phi) is 2.88. The van der Waals surface area contributed by atoms with Crippen molar-refractivity contribution in [1.82, 2.24) is 4.57 Å². The summed E-state index contributed by atoms with van der Waals surface area (Å²) < 4.78 is 15.2. The standard InChI is InChI=1S/C13H15FN2O/c1-8-9(2)16(6-5-13(15)17)12-4-3-10(14)7-11(8)12/h3-4,7H,5-6H2,1-2H3,(H2,15,17). The van der Waals surface area contributed by atoms with Crippen LogP contribution in [0.15, 0.2) is 18.2 Å². The Morgan fingerprint density at radius 3 is 2.76 bits per heavy atom. The molecule has 4 heteroatoms. The average Bonchev–Trinajstić information content (AvgIpc) is 2.50. The van der Waals surface area contributed by atoms with Gasteiger partial charge in [0.15, 0.2) is 0 Å². The lowest BCUT2D eigenvalue weighted by Gasteiger charge is -2.06. The molecular weight excluding hydrogens is 219 g/mol. The number of fused-ring (bicyclic) bond motifs is 1. The number of hydrogen-bond acceptors (Lipinski definition) is 1. The lowest BCUT2D eigenvalue weighted by molar-refractivity contribution is -0.118. The number of benzene rings is 1. The van der Waals surface area contributed by atoms with Gasteiger partial charge in [0, 0.05) is 29.6 Å². The molecule has 0 unspecified atom stereocenters. The van der Waals surface area contributed by atoms with Crippen molar-refractivity contribution < 1.29 is 9.18 Å². The molecule has 2 N–H and O–H groups in total. The predicted octanol–water partition coefficient (Wildman–Crippen LogP) is 2.27. The summed E-state index contributed by atoms with van der Waals surface area (Å²) in [7, 11) is 0. The maximum atomic E-state index is 13.2. The summed E-state index contributed by atoms with van der Waals surface area (Å²) in [6, 6.07) is 4.70. The second-order valence-electron chi connectivity index (χ2n) is 4.24. The van der Waals surface area contributed by atoms with Crippen LogP contribution in [-0.2, 0) is 11.3 Å². The third-order valence-corrected chi connectivity index (χ3v) is 3.18. The third-order valence-electron chi connectivity index (χ3n) is 3.18. The molecule has 3 nitrogen and oxygen atoms in total. The number of nitrogens with zero attached hydrogens (tertiary/aromatic N) is 1. The van der Waals surface area contributed by atoms with E-state index in [1.54, 1.807) is 6.07 Å². The van der Waals surface area contributed by atoms with E-state index >= 15 is 0 Å². The summed E-state index contributed by atoms with van der Waals surface area (Å²) >= 11 is 0. The van der Waals surface area contributed by atoms with E-state index in [-0.39, 0.29) is 11.7 Å². The van der Waals surface area contributed by atoms with E-state index in [1.165, 1.54) is 12.1 Å². The van der Waals surface area contributed by atoms with Gasteiger partial charge in [-0.25, -0.2) is 4.39 Å². The summed E-state index contributed by atoms with van der Waals surface area (Å²) in [5, 5.41) is 0.895. The van der Waals surface area contributed by atoms with Gasteiger partial charge in [-0.1, -0.05) is 0 Å². The lowest BCUT2D eigenvalue weighted by atomic mass is 10.1. The number of aryl methyl sites for hydroxylation is 2. The molecule has 0 spiro atoms. The first-order valence-corrected chi connectivity index (χ1v) is 5.54. The van der Waals surface area contributed by atoms with E-state index < -0.39 is 0 Å². The number of carbonyl (C=O) groups is 1. The molecule has 0 aliphatic heterocycles. The molecule has 0 aliphatic rings. The SMILES string of the molecule is Cc1c(C)n(CCC(N)=O)c2ccc(F)cc12. The summed E-state index contributed by atoms with van der Waals surface area (Å²) in [6.45, 7) is 4.46. The van der Waals surface area contributed by atoms with Crippen LogP contribution in [0.3, 0.4) is 0 Å². The Morgan fingerprint density at radius 2 is 2.12 bits per heavy atom. The maximum absolute atomic E-state index is 13.2. The van der Waals surface area contributed by atoms with Crippen LogP contribution in [0, 0.1) is 19.7 Å². The van der Waals surface area contributed by atoms with Gasteiger partial charge in [0.2, 0.25) is 5.91 Å². The van der Waals surface area contributed by atoms with Crippen LogP contribution < -0.4 is 5.73 Å². The molecule has 17 heavy (non-hydrogen) atoms. The molecule has 0 bridgehead atoms. The fourth-order valence-electron chi connectivity index (χ4n) is 2.13. The van der Waals surface area contributed by atoms with Crippen LogP contribution in [0.25, 0.3) is 10.9 Å². The number of primary amides is 1. The zero-order valence-corrected chi connectivity index (χ0v) is 9.96. The average molecular weight is 234 g/mol. The van der Waals surface area contributed by atoms with Crippen molar-refractivity contribution in [3.8, 4) is 0 Å². The van der Waals surface area contributed by atoms with Crippen molar-refractivity contribution >= 4 is 16.8 Å². The van der Waals surface area contributed by atoms with Crippen LogP contribution in [0.1, 0.15) is 17.7 Å². The van der Waals surface area contributed by atoms with Crippen LogP contribution in [0.4, 0.5) is 4.39 Å². The zero-order chi connectivity index (χ0) is 12.6. The molecule has 1 aromatic carbocycles. The van der Waals surface area contributed by atoms with Crippen LogP contribution >= 0.6 is 0 Å². The highest BCUT2D eigenvalue weighted by Gasteiger charge is 2.11. The predicted molar refractivity (Wildman–Crippen MR) is 65.2 cm³/mol. The number of aromatic nitrogens is 1. The van der Waals surface area contributed by atoms with Gasteiger partial charge < -0.3 is 10.3 Å². The lowest BCUT2D eigenvalue weighted by Crippen LogP contribution is -2.14. The topological polar surface area (TPSA) is 48.0 Å². The Labute approximate surface area is 99.0 Å². The van der Waals surface area contributed by atoms with Gasteiger partial charge >= 0.3 is 0 Å². The molecule has 0 radical (unpaired) electrons. The number of carbonyl (C=O) groups excluding carboxylic acids is 1. The van der Waals surface area contributed by atoms with E-state index in [1.807, 2.05) is 18.4 Å². The van der Waals surface area contributed by atoms with Crippen molar-refractivity contribution in [2.24, 2.45) is 5.73 Å². The molecule has 0 fully saturated rings. The Bertz CT molecular complexity index is 587. The molecule has 1 heterocycles. The highest BCUT2D eigenvalue weighted by Crippen LogP contribution is 2.26. The number of halogens is 1. The van der Waals surface area contributed by atoms with Crippen molar-refractivity contribution in [2.45, 2.75) is 26.8 Å². The molecule has 1 aromatic heterocycles. The van der Waals surface area contributed by atoms with Gasteiger partial charge in [0.1, 0.15) is 5.82 Å². The first kappa shape index (κ1) is 11.6. The van der Waals surface area contributed by atoms with Crippen molar-refractivity contribution in [3.63, 3.8) is 0 Å². The second kappa shape index (κ2) is 4.20. The smallest absolute Gasteiger partial charge is 0.219 e. The van der Waals surface area contributed by atoms with Gasteiger partial charge in [0.25, 0.3) is 0 Å². The number of nitrogens with two attached hydrogens (primary N) is 1. The van der Waals surface area contributed by atoms with Gasteiger partial charge in [-0.2, -0.15) is 0 Å². The Balaban J connectivity index is 2.54. The monoisotopic (exact) mass is 234 g/mol. The number of hydrogen-bond donors (Lipinski definition) is 1. The summed E-state index contributed by atoms with van der Waals surface area (Å²) in [6.07, 6.45) is 0.293. The largest absolute Gasteiger partial charge is 0.370 e. The fraction of sp³-hybridized carbons (Fsp3) is 0.308. The van der Waals surface area contributed by atoms with Crippen molar-refractivity contribution in [2.75, 3.05) is 0 Å². The summed E-state index contributed by atoms with van der Waals surface area (Å²) in [5.74, 6) is -0.571. The number of amides is 1. The van der Waals surface area contributed by atoms with Gasteiger partial charge in [-0.15, -0.1) is 0 Å². The minimum atomic E-state index is -0.328. The minimum absolute atomic E-state index is 0.243. The molecule has 1 amide bonds. The highest BCUT2D eigenvalue weighted by molar-refractivity contribution is 5.85. The molecule has 0 aliphatic carbocycles. The summed E-state index contributed by atoms with van der Waals surface area (Å²) in [5.41, 5.74) is 8.19. The van der Waals surface area contributed by atoms with E-state index in [0.29, 0.717) is 13.0 Å². The van der Waals surface area contributed by atoms with Crippen LogP contribution in [0.2, 0.25) is 0 Å². The first-order chi connectivity index (χ1) is 8.00. The highest BCUT2D eigenvalue weighted by atomic mass is 19.1. The Hall–Kier alpha value is -1.84. The zero-order valence-electron chi connectivity index (χ0n) is 9.96. The van der Waals surface area contributed by atoms with E-state index in [0.717, 1.165) is 22.2 Å². The third kappa shape index (κ3) is 2.02. The minimum Gasteiger partial charge on any atom is -0.370 e. The van der Waals surface area contributed by atoms with Gasteiger partial charge in [-0.05, 0) is 37.6 Å². The fourth-order valence-corrected chi connectivity index (χ4v) is 2.13. The van der Waals surface area contributed by atoms with E-state index in [4.69, 9.17) is 5.73 Å².